The van der Waals surface area contributed by atoms with Crippen LogP contribution in [0.25, 0.3) is 0 Å². The average Bonchev–Trinajstić information content (AvgIpc) is 3.10. The molecular formula is C22H23ClN4O2S. The largest absolute Gasteiger partial charge is 0.485 e. The molecule has 30 heavy (non-hydrogen) atoms. The zero-order valence-corrected chi connectivity index (χ0v) is 18.5. The summed E-state index contributed by atoms with van der Waals surface area (Å²) in [5.74, 6) is 1.60. The van der Waals surface area contributed by atoms with Gasteiger partial charge in [-0.3, -0.25) is 9.36 Å². The molecule has 2 aromatic carbocycles. The molecular weight excluding hydrogens is 420 g/mol. The van der Waals surface area contributed by atoms with Gasteiger partial charge in [0.05, 0.1) is 5.75 Å². The highest BCUT2D eigenvalue weighted by Gasteiger charge is 2.15. The number of allylic oxidation sites excluding steroid dienone is 1. The molecule has 156 valence electrons. The first-order valence-corrected chi connectivity index (χ1v) is 10.7. The SMILES string of the molecule is C=CCn1c(COc2c(C)cccc2C)nnc1SCC(=O)Nc1ccc(Cl)cc1. The molecule has 1 heterocycles. The molecule has 1 amide bonds. The van der Waals surface area contributed by atoms with Crippen LogP contribution in [-0.2, 0) is 17.9 Å². The lowest BCUT2D eigenvalue weighted by Gasteiger charge is -2.12. The van der Waals surface area contributed by atoms with Crippen LogP contribution in [0.1, 0.15) is 17.0 Å². The number of carbonyl (C=O) groups is 1. The zero-order valence-electron chi connectivity index (χ0n) is 16.9. The third-order valence-corrected chi connectivity index (χ3v) is 5.54. The number of carbonyl (C=O) groups excluding carboxylic acids is 1. The Morgan fingerprint density at radius 3 is 2.57 bits per heavy atom. The summed E-state index contributed by atoms with van der Waals surface area (Å²) in [7, 11) is 0. The van der Waals surface area contributed by atoms with Gasteiger partial charge in [-0.05, 0) is 49.2 Å². The minimum atomic E-state index is -0.135. The van der Waals surface area contributed by atoms with E-state index in [4.69, 9.17) is 16.3 Å². The molecule has 0 saturated heterocycles. The molecule has 0 unspecified atom stereocenters. The Bertz CT molecular complexity index is 1010. The van der Waals surface area contributed by atoms with Crippen LogP contribution in [-0.4, -0.2) is 26.4 Å². The predicted octanol–water partition coefficient (Wildman–Crippen LogP) is 5.04. The molecule has 0 spiro atoms. The molecule has 3 aromatic rings. The second-order valence-electron chi connectivity index (χ2n) is 6.65. The van der Waals surface area contributed by atoms with Gasteiger partial charge in [-0.25, -0.2) is 0 Å². The Hall–Kier alpha value is -2.77. The van der Waals surface area contributed by atoms with Gasteiger partial charge in [-0.1, -0.05) is 47.6 Å². The van der Waals surface area contributed by atoms with Crippen molar-refractivity contribution >= 4 is 35.0 Å². The van der Waals surface area contributed by atoms with Crippen molar-refractivity contribution in [2.45, 2.75) is 32.2 Å². The zero-order chi connectivity index (χ0) is 21.5. The lowest BCUT2D eigenvalue weighted by molar-refractivity contribution is -0.113. The van der Waals surface area contributed by atoms with Gasteiger partial charge >= 0.3 is 0 Å². The number of rotatable bonds is 9. The molecule has 0 aliphatic rings. The molecule has 0 saturated carbocycles. The van der Waals surface area contributed by atoms with Crippen LogP contribution >= 0.6 is 23.4 Å². The maximum absolute atomic E-state index is 12.3. The number of nitrogens with zero attached hydrogens (tertiary/aromatic N) is 3. The van der Waals surface area contributed by atoms with E-state index >= 15 is 0 Å². The summed E-state index contributed by atoms with van der Waals surface area (Å²) in [6, 6.07) is 13.0. The Labute approximate surface area is 185 Å². The van der Waals surface area contributed by atoms with Gasteiger partial charge in [0, 0.05) is 17.3 Å². The summed E-state index contributed by atoms with van der Waals surface area (Å²) >= 11 is 7.18. The lowest BCUT2D eigenvalue weighted by atomic mass is 10.1. The number of nitrogens with one attached hydrogen (secondary N) is 1. The molecule has 6 nitrogen and oxygen atoms in total. The van der Waals surface area contributed by atoms with Gasteiger partial charge < -0.3 is 10.1 Å². The van der Waals surface area contributed by atoms with Gasteiger partial charge in [-0.2, -0.15) is 0 Å². The maximum atomic E-state index is 12.3. The smallest absolute Gasteiger partial charge is 0.234 e. The highest BCUT2D eigenvalue weighted by atomic mass is 35.5. The fourth-order valence-electron chi connectivity index (χ4n) is 2.87. The molecule has 0 bridgehead atoms. The van der Waals surface area contributed by atoms with Crippen molar-refractivity contribution in [2.24, 2.45) is 0 Å². The molecule has 0 radical (unpaired) electrons. The third-order valence-electron chi connectivity index (χ3n) is 4.32. The van der Waals surface area contributed by atoms with Crippen LogP contribution in [0.3, 0.4) is 0 Å². The second-order valence-corrected chi connectivity index (χ2v) is 8.03. The number of aromatic nitrogens is 3. The van der Waals surface area contributed by atoms with Crippen molar-refractivity contribution in [3.05, 3.63) is 77.1 Å². The number of para-hydroxylation sites is 1. The third kappa shape index (κ3) is 5.64. The monoisotopic (exact) mass is 442 g/mol. The van der Waals surface area contributed by atoms with Crippen molar-refractivity contribution in [1.82, 2.24) is 14.8 Å². The standard InChI is InChI=1S/C22H23ClN4O2S/c1-4-12-27-19(13-29-21-15(2)6-5-7-16(21)3)25-26-22(27)30-14-20(28)24-18-10-8-17(23)9-11-18/h4-11H,1,12-14H2,2-3H3,(H,24,28). The Balaban J connectivity index is 1.64. The molecule has 1 aromatic heterocycles. The van der Waals surface area contributed by atoms with E-state index in [2.05, 4.69) is 22.1 Å². The van der Waals surface area contributed by atoms with Crippen LogP contribution in [0, 0.1) is 13.8 Å². The summed E-state index contributed by atoms with van der Waals surface area (Å²) in [6.45, 7) is 8.64. The normalized spacial score (nSPS) is 10.6. The van der Waals surface area contributed by atoms with Crippen molar-refractivity contribution in [2.75, 3.05) is 11.1 Å². The van der Waals surface area contributed by atoms with E-state index in [1.54, 1.807) is 30.3 Å². The first kappa shape index (κ1) is 21.9. The fourth-order valence-corrected chi connectivity index (χ4v) is 3.76. The van der Waals surface area contributed by atoms with E-state index in [9.17, 15) is 4.79 Å². The van der Waals surface area contributed by atoms with Crippen molar-refractivity contribution in [1.29, 1.82) is 0 Å². The van der Waals surface area contributed by atoms with Crippen LogP contribution in [0.2, 0.25) is 5.02 Å². The van der Waals surface area contributed by atoms with Crippen LogP contribution < -0.4 is 10.1 Å². The predicted molar refractivity (Wildman–Crippen MR) is 121 cm³/mol. The van der Waals surface area contributed by atoms with Crippen LogP contribution in [0.4, 0.5) is 5.69 Å². The maximum Gasteiger partial charge on any atom is 0.234 e. The van der Waals surface area contributed by atoms with Gasteiger partial charge in [0.1, 0.15) is 12.4 Å². The van der Waals surface area contributed by atoms with Crippen molar-refractivity contribution in [3.63, 3.8) is 0 Å². The quantitative estimate of drug-likeness (QED) is 0.371. The first-order chi connectivity index (χ1) is 14.5. The van der Waals surface area contributed by atoms with Gasteiger partial charge in [-0.15, -0.1) is 16.8 Å². The number of hydrogen-bond acceptors (Lipinski definition) is 5. The van der Waals surface area contributed by atoms with E-state index < -0.39 is 0 Å². The summed E-state index contributed by atoms with van der Waals surface area (Å²) in [5, 5.41) is 12.6. The second kappa shape index (κ2) is 10.3. The molecule has 8 heteroatoms. The number of hydrogen-bond donors (Lipinski definition) is 1. The number of halogens is 1. The summed E-state index contributed by atoms with van der Waals surface area (Å²) in [4.78, 5) is 12.3. The summed E-state index contributed by atoms with van der Waals surface area (Å²) in [5.41, 5.74) is 2.83. The number of benzene rings is 2. The van der Waals surface area contributed by atoms with Crippen LogP contribution in [0.15, 0.2) is 60.3 Å². The number of aryl methyl sites for hydroxylation is 2. The van der Waals surface area contributed by atoms with E-state index in [1.807, 2.05) is 36.6 Å². The van der Waals surface area contributed by atoms with Gasteiger partial charge in [0.2, 0.25) is 5.91 Å². The van der Waals surface area contributed by atoms with Crippen molar-refractivity contribution in [3.8, 4) is 5.75 Å². The van der Waals surface area contributed by atoms with E-state index in [0.717, 1.165) is 16.9 Å². The fraction of sp³-hybridized carbons (Fsp3) is 0.227. The molecule has 0 atom stereocenters. The van der Waals surface area contributed by atoms with E-state index in [0.29, 0.717) is 28.2 Å². The molecule has 3 rings (SSSR count). The van der Waals surface area contributed by atoms with E-state index in [1.165, 1.54) is 11.8 Å². The first-order valence-electron chi connectivity index (χ1n) is 9.38. The average molecular weight is 443 g/mol. The van der Waals surface area contributed by atoms with Crippen LogP contribution in [0.5, 0.6) is 5.75 Å². The van der Waals surface area contributed by atoms with Crippen molar-refractivity contribution < 1.29 is 9.53 Å². The number of ether oxygens (including phenoxy) is 1. The molecule has 0 fully saturated rings. The highest BCUT2D eigenvalue weighted by Crippen LogP contribution is 2.24. The number of anilines is 1. The Morgan fingerprint density at radius 2 is 1.90 bits per heavy atom. The lowest BCUT2D eigenvalue weighted by Crippen LogP contribution is -2.15. The number of thioether (sulfide) groups is 1. The summed E-state index contributed by atoms with van der Waals surface area (Å²) in [6.07, 6.45) is 1.77. The van der Waals surface area contributed by atoms with Gasteiger partial charge in [0.25, 0.3) is 0 Å². The Morgan fingerprint density at radius 1 is 1.20 bits per heavy atom. The molecule has 1 N–H and O–H groups in total. The molecule has 0 aliphatic heterocycles. The van der Waals surface area contributed by atoms with Gasteiger partial charge in [0.15, 0.2) is 11.0 Å². The molecule has 0 aliphatic carbocycles. The van der Waals surface area contributed by atoms with E-state index in [-0.39, 0.29) is 18.3 Å². The minimum absolute atomic E-state index is 0.135. The Kier molecular flexibility index (Phi) is 7.54. The minimum Gasteiger partial charge on any atom is -0.485 e. The summed E-state index contributed by atoms with van der Waals surface area (Å²) < 4.78 is 7.91. The number of amides is 1. The highest BCUT2D eigenvalue weighted by molar-refractivity contribution is 7.99. The topological polar surface area (TPSA) is 69.0 Å².